The number of aromatic nitrogens is 2. The summed E-state index contributed by atoms with van der Waals surface area (Å²) in [6.07, 6.45) is 0. The molecule has 0 aliphatic rings. The van der Waals surface area contributed by atoms with Gasteiger partial charge in [-0.1, -0.05) is 17.7 Å². The summed E-state index contributed by atoms with van der Waals surface area (Å²) in [6, 6.07) is 11.2. The van der Waals surface area contributed by atoms with Gasteiger partial charge in [-0.2, -0.15) is 0 Å². The minimum atomic E-state index is -0.0824. The van der Waals surface area contributed by atoms with Crippen molar-refractivity contribution < 1.29 is 9.47 Å². The first-order chi connectivity index (χ1) is 11.5. The van der Waals surface area contributed by atoms with Crippen LogP contribution in [0.1, 0.15) is 12.5 Å². The summed E-state index contributed by atoms with van der Waals surface area (Å²) in [7, 11) is 3.35. The molecule has 1 aromatic heterocycles. The third-order valence-corrected chi connectivity index (χ3v) is 4.21. The van der Waals surface area contributed by atoms with E-state index in [0.717, 1.165) is 16.6 Å². The molecule has 6 heteroatoms. The minimum Gasteiger partial charge on any atom is -0.493 e. The van der Waals surface area contributed by atoms with Crippen LogP contribution in [0.2, 0.25) is 5.02 Å². The largest absolute Gasteiger partial charge is 0.493 e. The Morgan fingerprint density at radius 3 is 2.58 bits per heavy atom. The molecule has 5 nitrogen and oxygen atoms in total. The summed E-state index contributed by atoms with van der Waals surface area (Å²) in [6.45, 7) is 2.92. The highest BCUT2D eigenvalue weighted by atomic mass is 35.5. The number of rotatable bonds is 5. The fourth-order valence-electron chi connectivity index (χ4n) is 2.80. The summed E-state index contributed by atoms with van der Waals surface area (Å²) in [5.74, 6) is 1.35. The first-order valence-corrected chi connectivity index (χ1v) is 8.07. The van der Waals surface area contributed by atoms with E-state index in [-0.39, 0.29) is 5.69 Å². The fourth-order valence-corrected chi connectivity index (χ4v) is 2.97. The van der Waals surface area contributed by atoms with Crippen LogP contribution in [0, 0.1) is 0 Å². The van der Waals surface area contributed by atoms with Gasteiger partial charge in [0, 0.05) is 12.1 Å². The number of hydrogen-bond acceptors (Lipinski definition) is 3. The number of imidazole rings is 1. The van der Waals surface area contributed by atoms with Crippen molar-refractivity contribution in [2.75, 3.05) is 13.7 Å². The van der Waals surface area contributed by atoms with Crippen molar-refractivity contribution in [1.82, 2.24) is 9.13 Å². The van der Waals surface area contributed by atoms with Crippen LogP contribution in [-0.4, -0.2) is 22.9 Å². The number of methoxy groups -OCH3 is 1. The predicted molar refractivity (Wildman–Crippen MR) is 95.5 cm³/mol. The summed E-state index contributed by atoms with van der Waals surface area (Å²) in [4.78, 5) is 12.6. The Hall–Kier alpha value is -2.40. The number of aryl methyl sites for hydroxylation is 1. The van der Waals surface area contributed by atoms with Gasteiger partial charge in [0.2, 0.25) is 0 Å². The Balaban J connectivity index is 2.06. The third kappa shape index (κ3) is 2.87. The Labute approximate surface area is 145 Å². The lowest BCUT2D eigenvalue weighted by atomic mass is 10.2. The van der Waals surface area contributed by atoms with Gasteiger partial charge in [-0.15, -0.1) is 0 Å². The molecule has 0 atom stereocenters. The van der Waals surface area contributed by atoms with Crippen molar-refractivity contribution in [3.8, 4) is 11.5 Å². The van der Waals surface area contributed by atoms with Crippen LogP contribution in [0.3, 0.4) is 0 Å². The molecular formula is C18H19ClN2O3. The first kappa shape index (κ1) is 16.5. The molecule has 3 aromatic rings. The van der Waals surface area contributed by atoms with Crippen LogP contribution in [0.5, 0.6) is 11.5 Å². The molecule has 2 aromatic carbocycles. The number of ether oxygens (including phenoxy) is 2. The van der Waals surface area contributed by atoms with E-state index >= 15 is 0 Å². The Kier molecular flexibility index (Phi) is 4.53. The van der Waals surface area contributed by atoms with E-state index in [9.17, 15) is 4.79 Å². The van der Waals surface area contributed by atoms with Crippen molar-refractivity contribution >= 4 is 22.6 Å². The second-order valence-corrected chi connectivity index (χ2v) is 5.92. The lowest BCUT2D eigenvalue weighted by molar-refractivity contribution is 0.310. The molecule has 126 valence electrons. The van der Waals surface area contributed by atoms with Crippen LogP contribution in [0.4, 0.5) is 0 Å². The number of hydrogen-bond donors (Lipinski definition) is 0. The zero-order valence-corrected chi connectivity index (χ0v) is 14.6. The van der Waals surface area contributed by atoms with Crippen LogP contribution in [-0.2, 0) is 13.6 Å². The molecule has 0 aliphatic heterocycles. The fraction of sp³-hybridized carbons (Fsp3) is 0.278. The van der Waals surface area contributed by atoms with Crippen LogP contribution in [0.25, 0.3) is 11.0 Å². The Morgan fingerprint density at radius 2 is 1.88 bits per heavy atom. The van der Waals surface area contributed by atoms with Crippen molar-refractivity contribution in [2.45, 2.75) is 13.5 Å². The van der Waals surface area contributed by atoms with Crippen molar-refractivity contribution in [3.63, 3.8) is 0 Å². The van der Waals surface area contributed by atoms with E-state index in [1.807, 2.05) is 31.2 Å². The molecule has 0 bridgehead atoms. The molecule has 0 N–H and O–H groups in total. The van der Waals surface area contributed by atoms with E-state index in [4.69, 9.17) is 21.1 Å². The third-order valence-electron chi connectivity index (χ3n) is 3.98. The molecule has 0 aliphatic carbocycles. The lowest BCUT2D eigenvalue weighted by Gasteiger charge is -2.11. The molecule has 0 spiro atoms. The highest BCUT2D eigenvalue weighted by Crippen LogP contribution is 2.28. The predicted octanol–water partition coefficient (Wildman–Crippen LogP) is 3.45. The second-order valence-electron chi connectivity index (χ2n) is 5.48. The molecule has 0 saturated heterocycles. The smallest absolute Gasteiger partial charge is 0.329 e. The summed E-state index contributed by atoms with van der Waals surface area (Å²) in [5.41, 5.74) is 2.54. The summed E-state index contributed by atoms with van der Waals surface area (Å²) < 4.78 is 14.2. The number of fused-ring (bicyclic) bond motifs is 1. The molecule has 24 heavy (non-hydrogen) atoms. The molecule has 0 amide bonds. The second kappa shape index (κ2) is 6.61. The van der Waals surface area contributed by atoms with Gasteiger partial charge in [-0.05, 0) is 42.8 Å². The lowest BCUT2D eigenvalue weighted by Crippen LogP contribution is -2.22. The topological polar surface area (TPSA) is 45.4 Å². The highest BCUT2D eigenvalue weighted by molar-refractivity contribution is 6.31. The summed E-state index contributed by atoms with van der Waals surface area (Å²) in [5, 5.41) is 0.610. The van der Waals surface area contributed by atoms with Crippen molar-refractivity contribution in [2.24, 2.45) is 7.05 Å². The highest BCUT2D eigenvalue weighted by Gasteiger charge is 2.13. The van der Waals surface area contributed by atoms with Crippen molar-refractivity contribution in [3.05, 3.63) is 57.5 Å². The molecule has 0 radical (unpaired) electrons. The standard InChI is InChI=1S/C18H19ClN2O3/c1-4-24-17-9-12(5-8-16(17)23-3)11-21-14-7-6-13(19)10-15(14)20(2)18(21)22/h5-10H,4,11H2,1-3H3. The maximum absolute atomic E-state index is 12.6. The summed E-state index contributed by atoms with van der Waals surface area (Å²) >= 11 is 6.05. The van der Waals surface area contributed by atoms with Gasteiger partial charge in [0.15, 0.2) is 11.5 Å². The van der Waals surface area contributed by atoms with E-state index in [0.29, 0.717) is 29.7 Å². The number of nitrogens with zero attached hydrogens (tertiary/aromatic N) is 2. The maximum Gasteiger partial charge on any atom is 0.329 e. The molecule has 1 heterocycles. The van der Waals surface area contributed by atoms with Gasteiger partial charge in [-0.3, -0.25) is 9.13 Å². The van der Waals surface area contributed by atoms with E-state index in [2.05, 4.69) is 0 Å². The first-order valence-electron chi connectivity index (χ1n) is 7.69. The Morgan fingerprint density at radius 1 is 1.08 bits per heavy atom. The molecule has 3 rings (SSSR count). The van der Waals surface area contributed by atoms with E-state index in [1.165, 1.54) is 0 Å². The van der Waals surface area contributed by atoms with Crippen LogP contribution in [0.15, 0.2) is 41.2 Å². The van der Waals surface area contributed by atoms with Gasteiger partial charge in [-0.25, -0.2) is 4.79 Å². The number of halogens is 1. The van der Waals surface area contributed by atoms with Gasteiger partial charge in [0.25, 0.3) is 0 Å². The monoisotopic (exact) mass is 346 g/mol. The average molecular weight is 347 g/mol. The molecule has 0 unspecified atom stereocenters. The molecule has 0 saturated carbocycles. The van der Waals surface area contributed by atoms with Crippen LogP contribution >= 0.6 is 11.6 Å². The zero-order valence-electron chi connectivity index (χ0n) is 13.9. The quantitative estimate of drug-likeness (QED) is 0.710. The average Bonchev–Trinajstić information content (AvgIpc) is 2.80. The molecular weight excluding hydrogens is 328 g/mol. The van der Waals surface area contributed by atoms with E-state index < -0.39 is 0 Å². The van der Waals surface area contributed by atoms with Gasteiger partial charge in [0.1, 0.15) is 0 Å². The molecule has 0 fully saturated rings. The zero-order chi connectivity index (χ0) is 17.3. The van der Waals surface area contributed by atoms with Gasteiger partial charge in [0.05, 0.1) is 31.3 Å². The van der Waals surface area contributed by atoms with Crippen LogP contribution < -0.4 is 15.2 Å². The SMILES string of the molecule is CCOc1cc(Cn2c(=O)n(C)c3cc(Cl)ccc32)ccc1OC. The van der Waals surface area contributed by atoms with Gasteiger partial charge >= 0.3 is 5.69 Å². The minimum absolute atomic E-state index is 0.0824. The number of benzene rings is 2. The van der Waals surface area contributed by atoms with Gasteiger partial charge < -0.3 is 9.47 Å². The van der Waals surface area contributed by atoms with Crippen molar-refractivity contribution in [1.29, 1.82) is 0 Å². The maximum atomic E-state index is 12.6. The normalized spacial score (nSPS) is 11.0. The Bertz CT molecular complexity index is 943. The van der Waals surface area contributed by atoms with E-state index in [1.54, 1.807) is 35.4 Å².